The minimum absolute atomic E-state index is 0.0372. The Labute approximate surface area is 267 Å². The van der Waals surface area contributed by atoms with Crippen molar-refractivity contribution >= 4 is 18.3 Å². The number of rotatable bonds is 9. The third-order valence-electron chi connectivity index (χ3n) is 9.66. The highest BCUT2D eigenvalue weighted by Crippen LogP contribution is 2.54. The number of methoxy groups -OCH3 is 1. The Morgan fingerprint density at radius 1 is 1.07 bits per heavy atom. The van der Waals surface area contributed by atoms with Crippen molar-refractivity contribution in [2.75, 3.05) is 20.5 Å². The van der Waals surface area contributed by atoms with E-state index in [4.69, 9.17) is 28.1 Å². The number of aliphatic hydroxyl groups excluding tert-OH is 2. The first-order chi connectivity index (χ1) is 20.9. The summed E-state index contributed by atoms with van der Waals surface area (Å²) in [5.41, 5.74) is 1.85. The fraction of sp³-hybridized carbons (Fsp3) is 0.625. The second-order valence-corrected chi connectivity index (χ2v) is 20.6. The van der Waals surface area contributed by atoms with Crippen LogP contribution < -0.4 is 18.9 Å². The van der Waals surface area contributed by atoms with E-state index in [1.807, 2.05) is 6.92 Å². The predicted octanol–water partition coefficient (Wildman–Crippen LogP) is 4.19. The molecule has 1 aliphatic carbocycles. The smallest absolute Gasteiger partial charge is 0.240 e. The van der Waals surface area contributed by atoms with E-state index in [-0.39, 0.29) is 29.1 Å². The van der Waals surface area contributed by atoms with E-state index in [1.165, 1.54) is 7.11 Å². The van der Waals surface area contributed by atoms with E-state index in [0.717, 1.165) is 5.56 Å². The zero-order chi connectivity index (χ0) is 33.1. The van der Waals surface area contributed by atoms with Gasteiger partial charge in [0.25, 0.3) is 0 Å². The number of aliphatic hydroxyl groups is 2. The van der Waals surface area contributed by atoms with Crippen LogP contribution in [0.1, 0.15) is 57.2 Å². The van der Waals surface area contributed by atoms with Crippen molar-refractivity contribution in [3.05, 3.63) is 47.0 Å². The molecular weight excluding hydrogens is 619 g/mol. The van der Waals surface area contributed by atoms with Crippen LogP contribution in [0, 0.1) is 12.8 Å². The molecule has 0 unspecified atom stereocenters. The Balaban J connectivity index is 1.74. The number of hydrogen-bond donors (Lipinski definition) is 3. The molecule has 0 amide bonds. The summed E-state index contributed by atoms with van der Waals surface area (Å²) < 4.78 is 68.2. The molecule has 6 atom stereocenters. The number of benzene rings is 2. The highest BCUT2D eigenvalue weighted by atomic mass is 32.2. The minimum Gasteiger partial charge on any atom is -0.492 e. The van der Waals surface area contributed by atoms with Crippen LogP contribution >= 0.6 is 0 Å². The summed E-state index contributed by atoms with van der Waals surface area (Å²) in [5.74, 6) is -1.49. The first-order valence-electron chi connectivity index (χ1n) is 15.3. The largest absolute Gasteiger partial charge is 0.492 e. The first-order valence-corrected chi connectivity index (χ1v) is 19.7. The number of fused-ring (bicyclic) bond motifs is 2. The van der Waals surface area contributed by atoms with Gasteiger partial charge in [0.1, 0.15) is 12.2 Å². The summed E-state index contributed by atoms with van der Waals surface area (Å²) in [7, 11) is -5.10. The molecule has 2 fully saturated rings. The molecule has 2 aliphatic heterocycles. The standard InChI is InChI=1S/C32H47NO10SSi/c1-18-10-12-19(13-11-18)44(36,37)33-25-24(20-14-23-28(40-17-39-23)26(38-7)21(20)15-34)22(16-35)27(43-45(8,9)31(2,3)4)30-29(25)41-32(5,6)42-30/h10-14,22,24-25,27,29-30,33-35H,15-17H2,1-9H3/t22-,24+,25-,27+,29+,30-/m1/s1. The first kappa shape index (κ1) is 34.1. The van der Waals surface area contributed by atoms with Gasteiger partial charge in [-0.05, 0) is 62.7 Å². The van der Waals surface area contributed by atoms with Gasteiger partial charge in [0.2, 0.25) is 22.6 Å². The topological polar surface area (TPSA) is 142 Å². The zero-order valence-corrected chi connectivity index (χ0v) is 29.4. The fourth-order valence-electron chi connectivity index (χ4n) is 6.43. The zero-order valence-electron chi connectivity index (χ0n) is 27.5. The highest BCUT2D eigenvalue weighted by Gasteiger charge is 2.61. The summed E-state index contributed by atoms with van der Waals surface area (Å²) in [6, 6.07) is 7.37. The summed E-state index contributed by atoms with van der Waals surface area (Å²) in [5, 5.41) is 21.8. The number of hydrogen-bond acceptors (Lipinski definition) is 10. The normalized spacial score (nSPS) is 27.8. The van der Waals surface area contributed by atoms with E-state index >= 15 is 0 Å². The Kier molecular flexibility index (Phi) is 9.17. The molecule has 2 aromatic carbocycles. The Morgan fingerprint density at radius 3 is 2.29 bits per heavy atom. The van der Waals surface area contributed by atoms with Crippen molar-refractivity contribution in [2.24, 2.45) is 5.92 Å². The van der Waals surface area contributed by atoms with Gasteiger partial charge in [-0.2, -0.15) is 0 Å². The summed E-state index contributed by atoms with van der Waals surface area (Å²) in [6.45, 7) is 15.3. The maximum atomic E-state index is 14.0. The van der Waals surface area contributed by atoms with E-state index in [1.54, 1.807) is 44.2 Å². The van der Waals surface area contributed by atoms with Gasteiger partial charge in [0, 0.05) is 24.0 Å². The van der Waals surface area contributed by atoms with Crippen LogP contribution in [0.25, 0.3) is 0 Å². The number of sulfonamides is 1. The van der Waals surface area contributed by atoms with Gasteiger partial charge in [0.15, 0.2) is 25.6 Å². The molecule has 45 heavy (non-hydrogen) atoms. The second-order valence-electron chi connectivity index (χ2n) is 14.1. The Hall–Kier alpha value is -2.23. The molecule has 250 valence electrons. The molecule has 0 aromatic heterocycles. The number of ether oxygens (including phenoxy) is 5. The van der Waals surface area contributed by atoms with Crippen molar-refractivity contribution in [3.8, 4) is 17.2 Å². The molecule has 1 saturated carbocycles. The number of aryl methyl sites for hydroxylation is 1. The van der Waals surface area contributed by atoms with Gasteiger partial charge in [-0.25, -0.2) is 13.1 Å². The van der Waals surface area contributed by atoms with Crippen molar-refractivity contribution in [3.63, 3.8) is 0 Å². The number of nitrogens with one attached hydrogen (secondary N) is 1. The molecular formula is C32H47NO10SSi. The van der Waals surface area contributed by atoms with Crippen LogP contribution in [-0.4, -0.2) is 77.6 Å². The third kappa shape index (κ3) is 6.25. The van der Waals surface area contributed by atoms with Gasteiger partial charge in [-0.15, -0.1) is 0 Å². The third-order valence-corrected chi connectivity index (χ3v) is 15.6. The summed E-state index contributed by atoms with van der Waals surface area (Å²) >= 11 is 0. The Morgan fingerprint density at radius 2 is 1.71 bits per heavy atom. The van der Waals surface area contributed by atoms with Crippen LogP contribution in [0.2, 0.25) is 18.1 Å². The van der Waals surface area contributed by atoms with Gasteiger partial charge in [-0.3, -0.25) is 0 Å². The van der Waals surface area contributed by atoms with Crippen molar-refractivity contribution in [1.82, 2.24) is 4.72 Å². The average Bonchev–Trinajstić information content (AvgIpc) is 3.55. The molecule has 5 rings (SSSR count). The SMILES string of the molecule is COc1c(CO)c([C@H]2[C@@H](CO)[C@H](O[Si](C)(C)C(C)(C)C)[C@H]3OC(C)(C)O[C@H]3[C@@H]2NS(=O)(=O)c2ccc(C)cc2)cc2c1OCO2. The van der Waals surface area contributed by atoms with E-state index < -0.39 is 66.9 Å². The summed E-state index contributed by atoms with van der Waals surface area (Å²) in [6.07, 6.45) is -2.19. The van der Waals surface area contributed by atoms with Crippen LogP contribution in [0.5, 0.6) is 17.2 Å². The van der Waals surface area contributed by atoms with Gasteiger partial charge >= 0.3 is 0 Å². The monoisotopic (exact) mass is 665 g/mol. The quantitative estimate of drug-likeness (QED) is 0.334. The van der Waals surface area contributed by atoms with Crippen molar-refractivity contribution in [1.29, 1.82) is 0 Å². The molecule has 1 saturated heterocycles. The molecule has 3 N–H and O–H groups in total. The lowest BCUT2D eigenvalue weighted by Gasteiger charge is -2.51. The van der Waals surface area contributed by atoms with E-state index in [9.17, 15) is 18.6 Å². The lowest BCUT2D eigenvalue weighted by molar-refractivity contribution is -0.155. The molecule has 0 bridgehead atoms. The van der Waals surface area contributed by atoms with Crippen LogP contribution in [0.15, 0.2) is 35.2 Å². The van der Waals surface area contributed by atoms with Crippen LogP contribution in [0.3, 0.4) is 0 Å². The molecule has 3 aliphatic rings. The van der Waals surface area contributed by atoms with Crippen LogP contribution in [0.4, 0.5) is 0 Å². The molecule has 0 spiro atoms. The van der Waals surface area contributed by atoms with Crippen molar-refractivity contribution in [2.45, 2.75) is 107 Å². The van der Waals surface area contributed by atoms with E-state index in [0.29, 0.717) is 22.6 Å². The molecule has 0 radical (unpaired) electrons. The molecule has 13 heteroatoms. The highest BCUT2D eigenvalue weighted by molar-refractivity contribution is 7.89. The predicted molar refractivity (Wildman–Crippen MR) is 170 cm³/mol. The second kappa shape index (κ2) is 12.1. The summed E-state index contributed by atoms with van der Waals surface area (Å²) in [4.78, 5) is 0.0902. The molecule has 2 aromatic rings. The molecule has 11 nitrogen and oxygen atoms in total. The van der Waals surface area contributed by atoms with Gasteiger partial charge in [0.05, 0.1) is 30.8 Å². The maximum absolute atomic E-state index is 14.0. The minimum atomic E-state index is -4.10. The Bertz CT molecular complexity index is 1510. The van der Waals surface area contributed by atoms with Crippen molar-refractivity contribution < 1.29 is 46.7 Å². The molecule has 2 heterocycles. The van der Waals surface area contributed by atoms with Gasteiger partial charge < -0.3 is 38.3 Å². The maximum Gasteiger partial charge on any atom is 0.240 e. The lowest BCUT2D eigenvalue weighted by atomic mass is 9.68. The van der Waals surface area contributed by atoms with Crippen LogP contribution in [-0.2, 0) is 30.5 Å². The van der Waals surface area contributed by atoms with Gasteiger partial charge in [-0.1, -0.05) is 38.5 Å². The fourth-order valence-corrected chi connectivity index (χ4v) is 9.04. The lowest BCUT2D eigenvalue weighted by Crippen LogP contribution is -2.65. The average molecular weight is 666 g/mol. The van der Waals surface area contributed by atoms with E-state index in [2.05, 4.69) is 38.6 Å².